The maximum Gasteiger partial charge on any atom is 0.244 e. The van der Waals surface area contributed by atoms with Crippen LogP contribution in [-0.2, 0) is 9.59 Å². The number of hydrogen-bond acceptors (Lipinski definition) is 3. The molecule has 1 aromatic carbocycles. The summed E-state index contributed by atoms with van der Waals surface area (Å²) in [6.45, 7) is 3.58. The molecule has 2 rings (SSSR count). The Labute approximate surface area is 139 Å². The zero-order valence-electron chi connectivity index (χ0n) is 13.5. The van der Waals surface area contributed by atoms with Crippen LogP contribution >= 0.6 is 0 Å². The van der Waals surface area contributed by atoms with E-state index in [1.54, 1.807) is 30.3 Å². The average molecular weight is 330 g/mol. The van der Waals surface area contributed by atoms with Crippen molar-refractivity contribution in [2.75, 3.05) is 6.54 Å². The van der Waals surface area contributed by atoms with E-state index in [0.717, 1.165) is 0 Å². The standard InChI is InChI=1S/C18H19FN2O3/c1-12(2)21-18(23)11-20-17(22)10-8-13-7-9-16(24-13)14-5-3-4-6-15(14)19/h3-10,12H,11H2,1-2H3,(H,20,22)(H,21,23)/b10-8+. The first kappa shape index (κ1) is 17.5. The molecule has 0 fully saturated rings. The minimum absolute atomic E-state index is 0.0184. The Morgan fingerprint density at radius 2 is 1.96 bits per heavy atom. The lowest BCUT2D eigenvalue weighted by Gasteiger charge is -2.07. The smallest absolute Gasteiger partial charge is 0.244 e. The van der Waals surface area contributed by atoms with E-state index in [9.17, 15) is 14.0 Å². The van der Waals surface area contributed by atoms with Crippen molar-refractivity contribution in [1.82, 2.24) is 10.6 Å². The van der Waals surface area contributed by atoms with Gasteiger partial charge < -0.3 is 15.1 Å². The summed E-state index contributed by atoms with van der Waals surface area (Å²) in [5.74, 6) is -0.264. The van der Waals surface area contributed by atoms with Crippen molar-refractivity contribution in [2.24, 2.45) is 0 Å². The van der Waals surface area contributed by atoms with E-state index in [0.29, 0.717) is 17.1 Å². The Morgan fingerprint density at radius 1 is 1.21 bits per heavy atom. The summed E-state index contributed by atoms with van der Waals surface area (Å²) in [4.78, 5) is 23.1. The number of benzene rings is 1. The molecule has 24 heavy (non-hydrogen) atoms. The number of nitrogens with one attached hydrogen (secondary N) is 2. The minimum atomic E-state index is -0.419. The predicted octanol–water partition coefficient (Wildman–Crippen LogP) is 2.74. The van der Waals surface area contributed by atoms with Crippen LogP contribution < -0.4 is 10.6 Å². The molecule has 0 bridgehead atoms. The Bertz CT molecular complexity index is 750. The van der Waals surface area contributed by atoms with Crippen LogP contribution in [0.5, 0.6) is 0 Å². The first-order chi connectivity index (χ1) is 11.5. The molecule has 0 radical (unpaired) electrons. The van der Waals surface area contributed by atoms with Gasteiger partial charge in [0.05, 0.1) is 12.1 Å². The van der Waals surface area contributed by atoms with Gasteiger partial charge >= 0.3 is 0 Å². The van der Waals surface area contributed by atoms with Crippen LogP contribution in [0, 0.1) is 5.82 Å². The second kappa shape index (κ2) is 8.10. The highest BCUT2D eigenvalue weighted by Gasteiger charge is 2.08. The molecular formula is C18H19FN2O3. The lowest BCUT2D eigenvalue weighted by molar-refractivity contribution is -0.124. The second-order valence-electron chi connectivity index (χ2n) is 5.46. The molecule has 2 amide bonds. The molecule has 0 spiro atoms. The fourth-order valence-corrected chi connectivity index (χ4v) is 2.01. The maximum absolute atomic E-state index is 13.7. The SMILES string of the molecule is CC(C)NC(=O)CNC(=O)/C=C/c1ccc(-c2ccccc2F)o1. The molecule has 0 aliphatic rings. The third-order valence-corrected chi connectivity index (χ3v) is 3.04. The highest BCUT2D eigenvalue weighted by atomic mass is 19.1. The predicted molar refractivity (Wildman–Crippen MR) is 89.4 cm³/mol. The van der Waals surface area contributed by atoms with E-state index < -0.39 is 5.91 Å². The number of rotatable bonds is 6. The first-order valence-corrected chi connectivity index (χ1v) is 7.55. The van der Waals surface area contributed by atoms with Crippen molar-refractivity contribution < 1.29 is 18.4 Å². The van der Waals surface area contributed by atoms with Crippen LogP contribution in [0.1, 0.15) is 19.6 Å². The fraction of sp³-hybridized carbons (Fsp3) is 0.222. The summed E-state index contributed by atoms with van der Waals surface area (Å²) < 4.78 is 19.2. The molecule has 1 heterocycles. The highest BCUT2D eigenvalue weighted by Crippen LogP contribution is 2.25. The number of hydrogen-bond donors (Lipinski definition) is 2. The summed E-state index contributed by atoms with van der Waals surface area (Å²) in [5, 5.41) is 5.13. The van der Waals surface area contributed by atoms with Crippen molar-refractivity contribution in [3.63, 3.8) is 0 Å². The molecule has 0 atom stereocenters. The molecule has 0 aliphatic carbocycles. The second-order valence-corrected chi connectivity index (χ2v) is 5.46. The highest BCUT2D eigenvalue weighted by molar-refractivity contribution is 5.94. The molecule has 0 saturated heterocycles. The number of amides is 2. The van der Waals surface area contributed by atoms with E-state index in [4.69, 9.17) is 4.42 Å². The van der Waals surface area contributed by atoms with Crippen LogP contribution in [0.25, 0.3) is 17.4 Å². The van der Waals surface area contributed by atoms with Crippen molar-refractivity contribution in [1.29, 1.82) is 0 Å². The third-order valence-electron chi connectivity index (χ3n) is 3.04. The van der Waals surface area contributed by atoms with Crippen molar-refractivity contribution in [3.8, 4) is 11.3 Å². The molecule has 6 heteroatoms. The third kappa shape index (κ3) is 5.08. The Kier molecular flexibility index (Phi) is 5.89. The summed E-state index contributed by atoms with van der Waals surface area (Å²) in [6.07, 6.45) is 2.71. The molecule has 2 N–H and O–H groups in total. The van der Waals surface area contributed by atoms with Gasteiger partial charge in [-0.2, -0.15) is 0 Å². The molecular weight excluding hydrogens is 311 g/mol. The Balaban J connectivity index is 1.92. The van der Waals surface area contributed by atoms with E-state index in [1.807, 2.05) is 13.8 Å². The van der Waals surface area contributed by atoms with Gasteiger partial charge in [-0.15, -0.1) is 0 Å². The molecule has 5 nitrogen and oxygen atoms in total. The topological polar surface area (TPSA) is 71.3 Å². The van der Waals surface area contributed by atoms with Gasteiger partial charge in [-0.1, -0.05) is 12.1 Å². The van der Waals surface area contributed by atoms with Gasteiger partial charge in [-0.05, 0) is 44.2 Å². The zero-order valence-corrected chi connectivity index (χ0v) is 13.5. The van der Waals surface area contributed by atoms with Crippen LogP contribution in [0.4, 0.5) is 4.39 Å². The average Bonchev–Trinajstić information content (AvgIpc) is 2.99. The summed E-state index contributed by atoms with van der Waals surface area (Å²) in [6, 6.07) is 9.56. The lowest BCUT2D eigenvalue weighted by atomic mass is 10.1. The summed E-state index contributed by atoms with van der Waals surface area (Å²) in [7, 11) is 0. The van der Waals surface area contributed by atoms with Crippen molar-refractivity contribution >= 4 is 17.9 Å². The van der Waals surface area contributed by atoms with Crippen molar-refractivity contribution in [2.45, 2.75) is 19.9 Å². The Hall–Kier alpha value is -2.89. The van der Waals surface area contributed by atoms with E-state index >= 15 is 0 Å². The molecule has 0 unspecified atom stereocenters. The van der Waals surface area contributed by atoms with Crippen LogP contribution in [-0.4, -0.2) is 24.4 Å². The van der Waals surface area contributed by atoms with E-state index in [2.05, 4.69) is 10.6 Å². The quantitative estimate of drug-likeness (QED) is 0.800. The summed E-state index contributed by atoms with van der Waals surface area (Å²) in [5.41, 5.74) is 0.354. The van der Waals surface area contributed by atoms with Gasteiger partial charge in [0.2, 0.25) is 11.8 Å². The fourth-order valence-electron chi connectivity index (χ4n) is 2.01. The van der Waals surface area contributed by atoms with E-state index in [-0.39, 0.29) is 24.3 Å². The lowest BCUT2D eigenvalue weighted by Crippen LogP contribution is -2.39. The Morgan fingerprint density at radius 3 is 2.67 bits per heavy atom. The first-order valence-electron chi connectivity index (χ1n) is 7.55. The molecule has 0 aliphatic heterocycles. The normalized spacial score (nSPS) is 11.0. The largest absolute Gasteiger partial charge is 0.457 e. The monoisotopic (exact) mass is 330 g/mol. The molecule has 126 valence electrons. The molecule has 2 aromatic rings. The van der Waals surface area contributed by atoms with Gasteiger partial charge in [0.25, 0.3) is 0 Å². The number of carbonyl (C=O) groups is 2. The van der Waals surface area contributed by atoms with Crippen LogP contribution in [0.15, 0.2) is 46.9 Å². The zero-order chi connectivity index (χ0) is 17.5. The van der Waals surface area contributed by atoms with Crippen LogP contribution in [0.2, 0.25) is 0 Å². The number of halogens is 1. The molecule has 0 saturated carbocycles. The van der Waals surface area contributed by atoms with Gasteiger partial charge in [-0.25, -0.2) is 4.39 Å². The van der Waals surface area contributed by atoms with Crippen molar-refractivity contribution in [3.05, 3.63) is 54.1 Å². The summed E-state index contributed by atoms with van der Waals surface area (Å²) >= 11 is 0. The van der Waals surface area contributed by atoms with Gasteiger partial charge in [0.1, 0.15) is 17.3 Å². The van der Waals surface area contributed by atoms with Crippen LogP contribution in [0.3, 0.4) is 0 Å². The number of carbonyl (C=O) groups excluding carboxylic acids is 2. The maximum atomic E-state index is 13.7. The van der Waals surface area contributed by atoms with Gasteiger partial charge in [0.15, 0.2) is 0 Å². The molecule has 1 aromatic heterocycles. The van der Waals surface area contributed by atoms with Gasteiger partial charge in [-0.3, -0.25) is 9.59 Å². The minimum Gasteiger partial charge on any atom is -0.457 e. The van der Waals surface area contributed by atoms with Gasteiger partial charge in [0, 0.05) is 12.1 Å². The number of furan rings is 1. The van der Waals surface area contributed by atoms with E-state index in [1.165, 1.54) is 18.2 Å².